The predicted molar refractivity (Wildman–Crippen MR) is 76.1 cm³/mol. The molecule has 0 spiro atoms. The van der Waals surface area contributed by atoms with E-state index in [1.165, 1.54) is 10.8 Å². The summed E-state index contributed by atoms with van der Waals surface area (Å²) in [5.41, 5.74) is 1.07. The highest BCUT2D eigenvalue weighted by atomic mass is 32.2. The number of rotatable bonds is 1. The first-order valence-corrected chi connectivity index (χ1v) is 6.73. The summed E-state index contributed by atoms with van der Waals surface area (Å²) in [4.78, 5) is 6.99. The van der Waals surface area contributed by atoms with Gasteiger partial charge in [-0.05, 0) is 11.5 Å². The maximum absolute atomic E-state index is 4.77. The molecule has 1 aliphatic rings. The van der Waals surface area contributed by atoms with E-state index < -0.39 is 0 Å². The van der Waals surface area contributed by atoms with Gasteiger partial charge in [0.25, 0.3) is 0 Å². The summed E-state index contributed by atoms with van der Waals surface area (Å²) in [6.07, 6.45) is 0. The largest absolute Gasteiger partial charge is 0.353 e. The van der Waals surface area contributed by atoms with Crippen molar-refractivity contribution in [2.75, 3.05) is 19.3 Å². The van der Waals surface area contributed by atoms with Crippen molar-refractivity contribution in [2.24, 2.45) is 4.99 Å². The summed E-state index contributed by atoms with van der Waals surface area (Å²) in [7, 11) is 2.10. The Morgan fingerprint density at radius 2 is 1.94 bits per heavy atom. The second-order valence-electron chi connectivity index (χ2n) is 4.16. The minimum atomic E-state index is 1.07. The highest BCUT2D eigenvalue weighted by Gasteiger charge is 2.15. The van der Waals surface area contributed by atoms with Crippen LogP contribution in [-0.4, -0.2) is 29.4 Å². The van der Waals surface area contributed by atoms with Gasteiger partial charge in [0.05, 0.1) is 5.69 Å². The van der Waals surface area contributed by atoms with E-state index >= 15 is 0 Å². The normalized spacial score (nSPS) is 18.2. The lowest BCUT2D eigenvalue weighted by Gasteiger charge is -2.10. The van der Waals surface area contributed by atoms with Gasteiger partial charge in [0.15, 0.2) is 5.17 Å². The Morgan fingerprint density at radius 3 is 2.76 bits per heavy atom. The molecular formula is C14H14N2S. The summed E-state index contributed by atoms with van der Waals surface area (Å²) in [6.45, 7) is 1.09. The molecule has 2 aromatic rings. The third-order valence-electron chi connectivity index (χ3n) is 2.97. The van der Waals surface area contributed by atoms with E-state index in [1.54, 1.807) is 0 Å². The maximum atomic E-state index is 4.77. The zero-order valence-corrected chi connectivity index (χ0v) is 10.6. The number of fused-ring (bicyclic) bond motifs is 1. The molecule has 1 fully saturated rings. The Morgan fingerprint density at radius 1 is 1.12 bits per heavy atom. The number of hydrogen-bond donors (Lipinski definition) is 0. The van der Waals surface area contributed by atoms with Crippen molar-refractivity contribution in [1.82, 2.24) is 4.90 Å². The van der Waals surface area contributed by atoms with Gasteiger partial charge in [-0.25, -0.2) is 4.99 Å². The average molecular weight is 242 g/mol. The average Bonchev–Trinajstić information content (AvgIpc) is 2.76. The quantitative estimate of drug-likeness (QED) is 0.760. The van der Waals surface area contributed by atoms with E-state index in [1.807, 2.05) is 11.8 Å². The first kappa shape index (κ1) is 10.7. The van der Waals surface area contributed by atoms with Crippen LogP contribution in [0.1, 0.15) is 0 Å². The van der Waals surface area contributed by atoms with Gasteiger partial charge >= 0.3 is 0 Å². The fourth-order valence-corrected chi connectivity index (χ4v) is 3.03. The van der Waals surface area contributed by atoms with Crippen molar-refractivity contribution in [2.45, 2.75) is 0 Å². The summed E-state index contributed by atoms with van der Waals surface area (Å²) < 4.78 is 0. The number of thioether (sulfide) groups is 1. The van der Waals surface area contributed by atoms with Crippen molar-refractivity contribution in [3.05, 3.63) is 42.5 Å². The van der Waals surface area contributed by atoms with Crippen LogP contribution in [0.3, 0.4) is 0 Å². The third kappa shape index (κ3) is 2.03. The molecule has 0 aromatic heterocycles. The molecule has 0 aliphatic carbocycles. The molecule has 1 aliphatic heterocycles. The van der Waals surface area contributed by atoms with Crippen LogP contribution in [0.5, 0.6) is 0 Å². The molecule has 17 heavy (non-hydrogen) atoms. The van der Waals surface area contributed by atoms with Crippen LogP contribution >= 0.6 is 11.8 Å². The van der Waals surface area contributed by atoms with Crippen LogP contribution in [0, 0.1) is 0 Å². The van der Waals surface area contributed by atoms with Crippen molar-refractivity contribution >= 4 is 33.4 Å². The standard InChI is InChI=1S/C14H14N2S/c1-16-9-10-17-14(16)15-13-8-4-6-11-5-2-3-7-12(11)13/h2-8H,9-10H2,1H3. The fourth-order valence-electron chi connectivity index (χ4n) is 2.01. The molecule has 0 saturated carbocycles. The minimum Gasteiger partial charge on any atom is -0.353 e. The van der Waals surface area contributed by atoms with Crippen molar-refractivity contribution in [3.63, 3.8) is 0 Å². The Bertz CT molecular complexity index is 572. The van der Waals surface area contributed by atoms with Crippen molar-refractivity contribution in [3.8, 4) is 0 Å². The Balaban J connectivity index is 2.11. The number of amidine groups is 1. The minimum absolute atomic E-state index is 1.07. The molecule has 0 bridgehead atoms. The van der Waals surface area contributed by atoms with E-state index in [2.05, 4.69) is 54.4 Å². The molecule has 3 heteroatoms. The van der Waals surface area contributed by atoms with Gasteiger partial charge < -0.3 is 4.90 Å². The second-order valence-corrected chi connectivity index (χ2v) is 5.22. The van der Waals surface area contributed by atoms with Gasteiger partial charge in [0.2, 0.25) is 0 Å². The molecule has 1 heterocycles. The number of aliphatic imine (C=N–C) groups is 1. The Hall–Kier alpha value is -1.48. The molecule has 86 valence electrons. The smallest absolute Gasteiger partial charge is 0.164 e. The first-order valence-electron chi connectivity index (χ1n) is 5.75. The molecule has 0 amide bonds. The van der Waals surface area contributed by atoms with Gasteiger partial charge in [0, 0.05) is 24.7 Å². The molecule has 1 saturated heterocycles. The summed E-state index contributed by atoms with van der Waals surface area (Å²) in [6, 6.07) is 14.7. The second kappa shape index (κ2) is 4.41. The van der Waals surface area contributed by atoms with E-state index in [0.717, 1.165) is 23.2 Å². The maximum Gasteiger partial charge on any atom is 0.164 e. The van der Waals surface area contributed by atoms with Crippen LogP contribution in [0.4, 0.5) is 5.69 Å². The highest BCUT2D eigenvalue weighted by molar-refractivity contribution is 8.14. The Labute approximate surface area is 105 Å². The van der Waals surface area contributed by atoms with Crippen LogP contribution in [-0.2, 0) is 0 Å². The SMILES string of the molecule is CN1CCSC1=Nc1cccc2ccccc12. The zero-order chi connectivity index (χ0) is 11.7. The van der Waals surface area contributed by atoms with Crippen molar-refractivity contribution in [1.29, 1.82) is 0 Å². The van der Waals surface area contributed by atoms with E-state index in [4.69, 9.17) is 4.99 Å². The monoisotopic (exact) mass is 242 g/mol. The van der Waals surface area contributed by atoms with E-state index in [-0.39, 0.29) is 0 Å². The molecule has 2 nitrogen and oxygen atoms in total. The lowest BCUT2D eigenvalue weighted by Crippen LogP contribution is -2.17. The van der Waals surface area contributed by atoms with Crippen LogP contribution in [0.2, 0.25) is 0 Å². The summed E-state index contributed by atoms with van der Waals surface area (Å²) in [5, 5.41) is 3.60. The van der Waals surface area contributed by atoms with Crippen LogP contribution in [0.15, 0.2) is 47.5 Å². The van der Waals surface area contributed by atoms with E-state index in [9.17, 15) is 0 Å². The molecule has 0 N–H and O–H groups in total. The van der Waals surface area contributed by atoms with E-state index in [0.29, 0.717) is 0 Å². The van der Waals surface area contributed by atoms with Gasteiger partial charge in [-0.15, -0.1) is 0 Å². The zero-order valence-electron chi connectivity index (χ0n) is 9.76. The van der Waals surface area contributed by atoms with Gasteiger partial charge in [-0.1, -0.05) is 48.2 Å². The van der Waals surface area contributed by atoms with Gasteiger partial charge in [-0.3, -0.25) is 0 Å². The van der Waals surface area contributed by atoms with Crippen molar-refractivity contribution < 1.29 is 0 Å². The van der Waals surface area contributed by atoms with Gasteiger partial charge in [0.1, 0.15) is 0 Å². The third-order valence-corrected chi connectivity index (χ3v) is 4.01. The molecule has 0 radical (unpaired) electrons. The highest BCUT2D eigenvalue weighted by Crippen LogP contribution is 2.28. The Kier molecular flexibility index (Phi) is 2.77. The molecular weight excluding hydrogens is 228 g/mol. The lowest BCUT2D eigenvalue weighted by atomic mass is 10.1. The topological polar surface area (TPSA) is 15.6 Å². The fraction of sp³-hybridized carbons (Fsp3) is 0.214. The van der Waals surface area contributed by atoms with Crippen LogP contribution < -0.4 is 0 Å². The van der Waals surface area contributed by atoms with Gasteiger partial charge in [-0.2, -0.15) is 0 Å². The molecule has 3 rings (SSSR count). The lowest BCUT2D eigenvalue weighted by molar-refractivity contribution is 0.563. The number of benzene rings is 2. The molecule has 0 atom stereocenters. The number of hydrogen-bond acceptors (Lipinski definition) is 2. The first-order chi connectivity index (χ1) is 8.34. The predicted octanol–water partition coefficient (Wildman–Crippen LogP) is 3.51. The van der Waals surface area contributed by atoms with Crippen LogP contribution in [0.25, 0.3) is 10.8 Å². The molecule has 0 unspecified atom stereocenters. The summed E-state index contributed by atoms with van der Waals surface area (Å²) in [5.74, 6) is 1.14. The number of nitrogens with zero attached hydrogens (tertiary/aromatic N) is 2. The molecule has 2 aromatic carbocycles. The summed E-state index contributed by atoms with van der Waals surface area (Å²) >= 11 is 1.83.